The molecular formula is C19H33NO8. The van der Waals surface area contributed by atoms with Crippen LogP contribution in [0, 0.1) is 0 Å². The van der Waals surface area contributed by atoms with Crippen LogP contribution in [0.5, 0.6) is 0 Å². The summed E-state index contributed by atoms with van der Waals surface area (Å²) in [6.45, 7) is 8.36. The molecule has 9 heteroatoms. The monoisotopic (exact) mass is 403 g/mol. The van der Waals surface area contributed by atoms with E-state index in [2.05, 4.69) is 5.32 Å². The molecule has 28 heavy (non-hydrogen) atoms. The molecule has 2 saturated heterocycles. The van der Waals surface area contributed by atoms with Gasteiger partial charge in [0.2, 0.25) is 0 Å². The van der Waals surface area contributed by atoms with Crippen molar-refractivity contribution in [2.75, 3.05) is 26.9 Å². The second kappa shape index (κ2) is 10.5. The van der Waals surface area contributed by atoms with Crippen LogP contribution < -0.4 is 5.32 Å². The van der Waals surface area contributed by atoms with Crippen LogP contribution >= 0.6 is 0 Å². The highest BCUT2D eigenvalue weighted by molar-refractivity contribution is 5.70. The summed E-state index contributed by atoms with van der Waals surface area (Å²) in [4.78, 5) is 23.6. The zero-order valence-electron chi connectivity index (χ0n) is 17.4. The summed E-state index contributed by atoms with van der Waals surface area (Å²) in [6.07, 6.45) is -0.799. The maximum absolute atomic E-state index is 12.1. The standard InChI is InChI=1S/C19H33NO8/c1-6-24-13(21)9-8-10-20-12(11-14(22)25-7-2)15-16(23-5)17-18(26-15)28-19(3,4)27-17/h12,15-18,20H,6-11H2,1-5H3/t12-,15+,16-,17+,18+/m0/s1. The van der Waals surface area contributed by atoms with Crippen LogP contribution in [0.4, 0.5) is 0 Å². The first kappa shape index (κ1) is 23.0. The van der Waals surface area contributed by atoms with Crippen molar-refractivity contribution in [3.05, 3.63) is 0 Å². The molecule has 1 N–H and O–H groups in total. The molecule has 5 atom stereocenters. The molecule has 0 aliphatic carbocycles. The molecule has 0 radical (unpaired) electrons. The Bertz CT molecular complexity index is 526. The van der Waals surface area contributed by atoms with E-state index >= 15 is 0 Å². The number of ether oxygens (including phenoxy) is 6. The van der Waals surface area contributed by atoms with Gasteiger partial charge in [0, 0.05) is 19.6 Å². The van der Waals surface area contributed by atoms with Crippen LogP contribution in [0.25, 0.3) is 0 Å². The lowest BCUT2D eigenvalue weighted by atomic mass is 10.00. The number of fused-ring (bicyclic) bond motifs is 1. The summed E-state index contributed by atoms with van der Waals surface area (Å²) in [7, 11) is 1.58. The molecule has 0 spiro atoms. The van der Waals surface area contributed by atoms with Crippen LogP contribution in [0.2, 0.25) is 0 Å². The summed E-state index contributed by atoms with van der Waals surface area (Å²) >= 11 is 0. The fraction of sp³-hybridized carbons (Fsp3) is 0.895. The topological polar surface area (TPSA) is 102 Å². The van der Waals surface area contributed by atoms with Gasteiger partial charge >= 0.3 is 11.9 Å². The van der Waals surface area contributed by atoms with E-state index in [1.54, 1.807) is 21.0 Å². The number of hydrogen-bond donors (Lipinski definition) is 1. The lowest BCUT2D eigenvalue weighted by Gasteiger charge is -2.30. The Labute approximate surface area is 166 Å². The van der Waals surface area contributed by atoms with Gasteiger partial charge in [0.1, 0.15) is 18.3 Å². The molecule has 2 aliphatic heterocycles. The molecule has 162 valence electrons. The van der Waals surface area contributed by atoms with Gasteiger partial charge in [-0.3, -0.25) is 9.59 Å². The summed E-state index contributed by atoms with van der Waals surface area (Å²) in [5.41, 5.74) is 0. The van der Waals surface area contributed by atoms with Crippen LogP contribution in [0.3, 0.4) is 0 Å². The van der Waals surface area contributed by atoms with E-state index in [1.165, 1.54) is 0 Å². The van der Waals surface area contributed by atoms with Crippen molar-refractivity contribution in [1.82, 2.24) is 5.32 Å². The number of esters is 2. The highest BCUT2D eigenvalue weighted by Crippen LogP contribution is 2.39. The zero-order chi connectivity index (χ0) is 20.7. The molecule has 0 amide bonds. The minimum atomic E-state index is -0.749. The number of carbonyl (C=O) groups excluding carboxylic acids is 2. The Morgan fingerprint density at radius 1 is 1.11 bits per heavy atom. The van der Waals surface area contributed by atoms with Crippen LogP contribution in [0.15, 0.2) is 0 Å². The van der Waals surface area contributed by atoms with E-state index in [0.717, 1.165) is 0 Å². The molecule has 0 saturated carbocycles. The largest absolute Gasteiger partial charge is 0.466 e. The number of hydrogen-bond acceptors (Lipinski definition) is 9. The number of methoxy groups -OCH3 is 1. The van der Waals surface area contributed by atoms with Gasteiger partial charge in [-0.15, -0.1) is 0 Å². The Balaban J connectivity index is 1.98. The average Bonchev–Trinajstić information content (AvgIpc) is 3.09. The molecule has 0 unspecified atom stereocenters. The molecule has 9 nitrogen and oxygen atoms in total. The van der Waals surface area contributed by atoms with E-state index in [1.807, 2.05) is 13.8 Å². The minimum absolute atomic E-state index is 0.112. The molecule has 0 aromatic heterocycles. The van der Waals surface area contributed by atoms with Gasteiger partial charge in [-0.2, -0.15) is 0 Å². The summed E-state index contributed by atoms with van der Waals surface area (Å²) < 4.78 is 33.4. The maximum atomic E-state index is 12.1. The molecule has 0 aromatic carbocycles. The van der Waals surface area contributed by atoms with Crippen molar-refractivity contribution in [3.8, 4) is 0 Å². The van der Waals surface area contributed by atoms with Gasteiger partial charge in [0.05, 0.1) is 19.6 Å². The van der Waals surface area contributed by atoms with Crippen molar-refractivity contribution in [2.45, 2.75) is 83.4 Å². The van der Waals surface area contributed by atoms with Crippen molar-refractivity contribution in [1.29, 1.82) is 0 Å². The first-order chi connectivity index (χ1) is 13.3. The molecule has 0 aromatic rings. The van der Waals surface area contributed by atoms with Gasteiger partial charge in [-0.05, 0) is 40.7 Å². The minimum Gasteiger partial charge on any atom is -0.466 e. The molecule has 2 rings (SSSR count). The molecule has 2 fully saturated rings. The fourth-order valence-electron chi connectivity index (χ4n) is 3.55. The van der Waals surface area contributed by atoms with E-state index in [-0.39, 0.29) is 30.5 Å². The van der Waals surface area contributed by atoms with Gasteiger partial charge in [0.15, 0.2) is 12.1 Å². The van der Waals surface area contributed by atoms with Gasteiger partial charge in [-0.1, -0.05) is 0 Å². The van der Waals surface area contributed by atoms with E-state index in [9.17, 15) is 9.59 Å². The highest BCUT2D eigenvalue weighted by Gasteiger charge is 2.56. The fourth-order valence-corrected chi connectivity index (χ4v) is 3.55. The van der Waals surface area contributed by atoms with Crippen molar-refractivity contribution in [3.63, 3.8) is 0 Å². The molecular weight excluding hydrogens is 370 g/mol. The quantitative estimate of drug-likeness (QED) is 0.402. The first-order valence-electron chi connectivity index (χ1n) is 9.89. The van der Waals surface area contributed by atoms with Crippen LogP contribution in [-0.2, 0) is 38.0 Å². The average molecular weight is 403 g/mol. The number of rotatable bonds is 11. The Morgan fingerprint density at radius 2 is 1.79 bits per heavy atom. The SMILES string of the molecule is CCOC(=O)CCCN[C@@H](CC(=O)OCC)[C@H]1O[C@@H]2OC(C)(C)O[C@@H]2[C@H]1OC. The first-order valence-corrected chi connectivity index (χ1v) is 9.89. The summed E-state index contributed by atoms with van der Waals surface area (Å²) in [5, 5.41) is 3.30. The molecule has 0 bridgehead atoms. The number of carbonyl (C=O) groups is 2. The lowest BCUT2D eigenvalue weighted by Crippen LogP contribution is -2.49. The van der Waals surface area contributed by atoms with Gasteiger partial charge < -0.3 is 33.7 Å². The number of nitrogens with one attached hydrogen (secondary N) is 1. The second-order valence-corrected chi connectivity index (χ2v) is 7.25. The van der Waals surface area contributed by atoms with Crippen LogP contribution in [-0.4, -0.2) is 75.2 Å². The highest BCUT2D eigenvalue weighted by atomic mass is 16.8. The Kier molecular flexibility index (Phi) is 8.63. The Hall–Kier alpha value is -1.26. The predicted molar refractivity (Wildman–Crippen MR) is 98.4 cm³/mol. The smallest absolute Gasteiger partial charge is 0.307 e. The van der Waals surface area contributed by atoms with Crippen molar-refractivity contribution < 1.29 is 38.0 Å². The van der Waals surface area contributed by atoms with E-state index < -0.39 is 24.3 Å². The predicted octanol–water partition coefficient (Wildman–Crippen LogP) is 1.13. The van der Waals surface area contributed by atoms with Gasteiger partial charge in [0.25, 0.3) is 0 Å². The van der Waals surface area contributed by atoms with E-state index in [0.29, 0.717) is 32.6 Å². The zero-order valence-corrected chi connectivity index (χ0v) is 17.4. The third-order valence-electron chi connectivity index (χ3n) is 4.66. The molecule has 2 aliphatic rings. The maximum Gasteiger partial charge on any atom is 0.307 e. The normalized spacial score (nSPS) is 29.3. The van der Waals surface area contributed by atoms with Crippen molar-refractivity contribution >= 4 is 11.9 Å². The van der Waals surface area contributed by atoms with Gasteiger partial charge in [-0.25, -0.2) is 0 Å². The van der Waals surface area contributed by atoms with E-state index in [4.69, 9.17) is 28.4 Å². The summed E-state index contributed by atoms with van der Waals surface area (Å²) in [6, 6.07) is -0.368. The Morgan fingerprint density at radius 3 is 2.43 bits per heavy atom. The second-order valence-electron chi connectivity index (χ2n) is 7.25. The van der Waals surface area contributed by atoms with Crippen LogP contribution in [0.1, 0.15) is 47.0 Å². The summed E-state index contributed by atoms with van der Waals surface area (Å²) in [5.74, 6) is -1.32. The molecule has 2 heterocycles. The third-order valence-corrected chi connectivity index (χ3v) is 4.66. The lowest BCUT2D eigenvalue weighted by molar-refractivity contribution is -0.220. The third kappa shape index (κ3) is 6.12. The van der Waals surface area contributed by atoms with Crippen molar-refractivity contribution in [2.24, 2.45) is 0 Å².